The molecule has 0 radical (unpaired) electrons. The minimum Gasteiger partial charge on any atom is -0.459 e. The second-order valence-electron chi connectivity index (χ2n) is 3.68. The first-order valence-electron chi connectivity index (χ1n) is 5.11. The van der Waals surface area contributed by atoms with Gasteiger partial charge in [-0.1, -0.05) is 28.1 Å². The number of benzene rings is 1. The fourth-order valence-electron chi connectivity index (χ4n) is 1.18. The van der Waals surface area contributed by atoms with Crippen molar-refractivity contribution < 1.29 is 9.53 Å². The fourth-order valence-corrected chi connectivity index (χ4v) is 1.59. The van der Waals surface area contributed by atoms with Gasteiger partial charge in [-0.3, -0.25) is 0 Å². The van der Waals surface area contributed by atoms with Gasteiger partial charge in [0.15, 0.2) is 0 Å². The molecule has 17 heavy (non-hydrogen) atoms. The Labute approximate surface area is 109 Å². The highest BCUT2D eigenvalue weighted by molar-refractivity contribution is 9.10. The number of halogens is 1. The number of hydrogen-bond acceptors (Lipinski definition) is 3. The lowest BCUT2D eigenvalue weighted by atomic mass is 10.1. The van der Waals surface area contributed by atoms with Crippen molar-refractivity contribution in [1.29, 1.82) is 5.26 Å². The first-order chi connectivity index (χ1) is 8.02. The summed E-state index contributed by atoms with van der Waals surface area (Å²) in [5, 5.41) is 8.91. The molecule has 0 N–H and O–H groups in total. The molecule has 88 valence electrons. The molecule has 0 unspecified atom stereocenters. The van der Waals surface area contributed by atoms with E-state index in [-0.39, 0.29) is 11.7 Å². The maximum absolute atomic E-state index is 11.5. The molecule has 0 saturated heterocycles. The van der Waals surface area contributed by atoms with Gasteiger partial charge in [0.2, 0.25) is 0 Å². The van der Waals surface area contributed by atoms with Crippen LogP contribution in [0.4, 0.5) is 0 Å². The molecule has 0 aliphatic rings. The Morgan fingerprint density at radius 1 is 1.53 bits per heavy atom. The summed E-state index contributed by atoms with van der Waals surface area (Å²) < 4.78 is 5.85. The molecule has 0 bridgehead atoms. The first kappa shape index (κ1) is 13.5. The van der Waals surface area contributed by atoms with E-state index in [4.69, 9.17) is 10.00 Å². The van der Waals surface area contributed by atoms with Crippen LogP contribution < -0.4 is 0 Å². The monoisotopic (exact) mass is 293 g/mol. The van der Waals surface area contributed by atoms with E-state index in [1.54, 1.807) is 13.8 Å². The molecule has 1 rings (SSSR count). The van der Waals surface area contributed by atoms with Crippen LogP contribution in [0.3, 0.4) is 0 Å². The third-order valence-corrected chi connectivity index (χ3v) is 2.34. The van der Waals surface area contributed by atoms with Gasteiger partial charge in [0.1, 0.15) is 11.6 Å². The van der Waals surface area contributed by atoms with Crippen molar-refractivity contribution in [3.8, 4) is 6.07 Å². The van der Waals surface area contributed by atoms with E-state index in [1.165, 1.54) is 6.08 Å². The molecule has 0 atom stereocenters. The van der Waals surface area contributed by atoms with Crippen molar-refractivity contribution in [3.63, 3.8) is 0 Å². The molecular formula is C13H12BrNO2. The largest absolute Gasteiger partial charge is 0.459 e. The van der Waals surface area contributed by atoms with Gasteiger partial charge in [-0.15, -0.1) is 0 Å². The molecule has 1 aromatic carbocycles. The van der Waals surface area contributed by atoms with E-state index in [9.17, 15) is 4.79 Å². The van der Waals surface area contributed by atoms with Gasteiger partial charge in [0.05, 0.1) is 6.10 Å². The number of nitriles is 1. The summed E-state index contributed by atoms with van der Waals surface area (Å²) >= 11 is 3.32. The molecule has 0 aliphatic carbocycles. The van der Waals surface area contributed by atoms with E-state index in [0.717, 1.165) is 10.0 Å². The van der Waals surface area contributed by atoms with E-state index in [1.807, 2.05) is 30.3 Å². The van der Waals surface area contributed by atoms with Crippen LogP contribution >= 0.6 is 15.9 Å². The Morgan fingerprint density at radius 3 is 2.76 bits per heavy atom. The van der Waals surface area contributed by atoms with E-state index < -0.39 is 5.97 Å². The zero-order valence-electron chi connectivity index (χ0n) is 9.61. The summed E-state index contributed by atoms with van der Waals surface area (Å²) in [5.74, 6) is -0.595. The predicted octanol–water partition coefficient (Wildman–Crippen LogP) is 3.31. The van der Waals surface area contributed by atoms with Gasteiger partial charge in [0.25, 0.3) is 0 Å². The van der Waals surface area contributed by atoms with Crippen LogP contribution in [0.1, 0.15) is 19.4 Å². The third-order valence-electron chi connectivity index (χ3n) is 1.84. The number of carbonyl (C=O) groups excluding carboxylic acids is 1. The second-order valence-corrected chi connectivity index (χ2v) is 4.59. The lowest BCUT2D eigenvalue weighted by Gasteiger charge is -2.06. The van der Waals surface area contributed by atoms with Crippen molar-refractivity contribution in [2.75, 3.05) is 0 Å². The second kappa shape index (κ2) is 6.21. The molecule has 0 saturated carbocycles. The molecule has 0 amide bonds. The van der Waals surface area contributed by atoms with Crippen LogP contribution in [-0.2, 0) is 9.53 Å². The number of hydrogen-bond donors (Lipinski definition) is 0. The van der Waals surface area contributed by atoms with Gasteiger partial charge in [0, 0.05) is 4.47 Å². The smallest absolute Gasteiger partial charge is 0.349 e. The molecule has 0 aromatic heterocycles. The number of rotatable bonds is 3. The highest BCUT2D eigenvalue weighted by Crippen LogP contribution is 2.15. The third kappa shape index (κ3) is 4.41. The summed E-state index contributed by atoms with van der Waals surface area (Å²) in [6, 6.07) is 9.18. The van der Waals surface area contributed by atoms with Crippen molar-refractivity contribution in [2.24, 2.45) is 0 Å². The SMILES string of the molecule is CC(C)OC(=O)/C(C#N)=C\c1cccc(Br)c1. The Hall–Kier alpha value is -1.60. The minimum atomic E-state index is -0.595. The summed E-state index contributed by atoms with van der Waals surface area (Å²) in [5.41, 5.74) is 0.772. The van der Waals surface area contributed by atoms with Crippen LogP contribution in [0.25, 0.3) is 6.08 Å². The molecule has 0 aliphatic heterocycles. The van der Waals surface area contributed by atoms with Gasteiger partial charge < -0.3 is 4.74 Å². The molecule has 0 spiro atoms. The number of nitrogens with zero attached hydrogens (tertiary/aromatic N) is 1. The number of ether oxygens (including phenoxy) is 1. The van der Waals surface area contributed by atoms with Crippen LogP contribution in [0, 0.1) is 11.3 Å². The van der Waals surface area contributed by atoms with Crippen LogP contribution in [0.2, 0.25) is 0 Å². The fraction of sp³-hybridized carbons (Fsp3) is 0.231. The molecule has 1 aromatic rings. The predicted molar refractivity (Wildman–Crippen MR) is 69.0 cm³/mol. The Bertz CT molecular complexity index is 486. The van der Waals surface area contributed by atoms with Gasteiger partial charge in [-0.05, 0) is 37.6 Å². The molecule has 4 heteroatoms. The van der Waals surface area contributed by atoms with Crippen molar-refractivity contribution >= 4 is 28.0 Å². The Balaban J connectivity index is 2.95. The normalized spacial score (nSPS) is 11.1. The lowest BCUT2D eigenvalue weighted by molar-refractivity contribution is -0.142. The van der Waals surface area contributed by atoms with Crippen molar-refractivity contribution in [1.82, 2.24) is 0 Å². The van der Waals surface area contributed by atoms with E-state index in [0.29, 0.717) is 0 Å². The zero-order valence-corrected chi connectivity index (χ0v) is 11.2. The number of esters is 1. The summed E-state index contributed by atoms with van der Waals surface area (Å²) in [7, 11) is 0. The first-order valence-corrected chi connectivity index (χ1v) is 5.90. The standard InChI is InChI=1S/C13H12BrNO2/c1-9(2)17-13(16)11(8-15)6-10-4-3-5-12(14)7-10/h3-7,9H,1-2H3/b11-6-. The Morgan fingerprint density at radius 2 is 2.24 bits per heavy atom. The van der Waals surface area contributed by atoms with Crippen molar-refractivity contribution in [2.45, 2.75) is 20.0 Å². The van der Waals surface area contributed by atoms with Gasteiger partial charge in [-0.2, -0.15) is 5.26 Å². The Kier molecular flexibility index (Phi) is 4.92. The average Bonchev–Trinajstić information content (AvgIpc) is 2.24. The van der Waals surface area contributed by atoms with Crippen LogP contribution in [0.5, 0.6) is 0 Å². The summed E-state index contributed by atoms with van der Waals surface area (Å²) in [4.78, 5) is 11.5. The average molecular weight is 294 g/mol. The van der Waals surface area contributed by atoms with Gasteiger partial charge in [-0.25, -0.2) is 4.79 Å². The minimum absolute atomic E-state index is 0.00296. The maximum atomic E-state index is 11.5. The summed E-state index contributed by atoms with van der Waals surface area (Å²) in [6.07, 6.45) is 1.27. The molecule has 3 nitrogen and oxygen atoms in total. The van der Waals surface area contributed by atoms with E-state index >= 15 is 0 Å². The van der Waals surface area contributed by atoms with Gasteiger partial charge >= 0.3 is 5.97 Å². The summed E-state index contributed by atoms with van der Waals surface area (Å²) in [6.45, 7) is 3.48. The maximum Gasteiger partial charge on any atom is 0.349 e. The highest BCUT2D eigenvalue weighted by Gasteiger charge is 2.12. The van der Waals surface area contributed by atoms with Crippen molar-refractivity contribution in [3.05, 3.63) is 39.9 Å². The van der Waals surface area contributed by atoms with E-state index in [2.05, 4.69) is 15.9 Å². The zero-order chi connectivity index (χ0) is 12.8. The lowest BCUT2D eigenvalue weighted by Crippen LogP contribution is -2.12. The number of carbonyl (C=O) groups is 1. The molecular weight excluding hydrogens is 282 g/mol. The quantitative estimate of drug-likeness (QED) is 0.488. The highest BCUT2D eigenvalue weighted by atomic mass is 79.9. The molecule has 0 heterocycles. The topological polar surface area (TPSA) is 50.1 Å². The van der Waals surface area contributed by atoms with Crippen LogP contribution in [-0.4, -0.2) is 12.1 Å². The molecule has 0 fully saturated rings. The van der Waals surface area contributed by atoms with Crippen LogP contribution in [0.15, 0.2) is 34.3 Å².